The highest BCUT2D eigenvalue weighted by Crippen LogP contribution is 2.31. The maximum atomic E-state index is 13.1. The van der Waals surface area contributed by atoms with Gasteiger partial charge in [-0.05, 0) is 37.1 Å². The van der Waals surface area contributed by atoms with Crippen LogP contribution in [0.2, 0.25) is 0 Å². The number of para-hydroxylation sites is 1. The molecule has 0 saturated heterocycles. The van der Waals surface area contributed by atoms with Crippen LogP contribution in [0.3, 0.4) is 0 Å². The zero-order chi connectivity index (χ0) is 20.3. The number of benzene rings is 1. The summed E-state index contributed by atoms with van der Waals surface area (Å²) in [7, 11) is 0. The Kier molecular flexibility index (Phi) is 4.69. The van der Waals surface area contributed by atoms with Crippen LogP contribution in [0.15, 0.2) is 102 Å². The van der Waals surface area contributed by atoms with Crippen molar-refractivity contribution in [3.8, 4) is 16.8 Å². The molecule has 0 radical (unpaired) electrons. The molecular formula is C25H20N4O. The maximum absolute atomic E-state index is 13.1. The average Bonchev–Trinajstić information content (AvgIpc) is 2.81. The Morgan fingerprint density at radius 2 is 1.83 bits per heavy atom. The lowest BCUT2D eigenvalue weighted by molar-refractivity contribution is 1.01. The highest BCUT2D eigenvalue weighted by molar-refractivity contribution is 5.95. The van der Waals surface area contributed by atoms with Crippen molar-refractivity contribution in [2.75, 3.05) is 5.32 Å². The van der Waals surface area contributed by atoms with Gasteiger partial charge < -0.3 is 5.32 Å². The lowest BCUT2D eigenvalue weighted by Gasteiger charge is -2.21. The maximum Gasteiger partial charge on any atom is 0.193 e. The van der Waals surface area contributed by atoms with Crippen molar-refractivity contribution in [3.05, 3.63) is 107 Å². The van der Waals surface area contributed by atoms with E-state index in [0.717, 1.165) is 40.9 Å². The predicted molar refractivity (Wildman–Crippen MR) is 121 cm³/mol. The molecule has 0 fully saturated rings. The van der Waals surface area contributed by atoms with Crippen LogP contribution in [0.1, 0.15) is 12.8 Å². The first-order chi connectivity index (χ1) is 14.8. The van der Waals surface area contributed by atoms with E-state index < -0.39 is 0 Å². The minimum atomic E-state index is -0.0710. The molecule has 0 aliphatic heterocycles. The zero-order valence-electron chi connectivity index (χ0n) is 16.3. The third kappa shape index (κ3) is 3.31. The van der Waals surface area contributed by atoms with Crippen molar-refractivity contribution in [2.45, 2.75) is 12.8 Å². The summed E-state index contributed by atoms with van der Waals surface area (Å²) in [5.41, 5.74) is 4.45. The normalized spacial score (nSPS) is 13.3. The summed E-state index contributed by atoms with van der Waals surface area (Å²) >= 11 is 0. The summed E-state index contributed by atoms with van der Waals surface area (Å²) in [6, 6.07) is 15.6. The van der Waals surface area contributed by atoms with Crippen LogP contribution in [-0.4, -0.2) is 14.5 Å². The number of rotatable bonds is 4. The van der Waals surface area contributed by atoms with Gasteiger partial charge in [0.2, 0.25) is 0 Å². The summed E-state index contributed by atoms with van der Waals surface area (Å²) in [6.45, 7) is 0. The number of anilines is 1. The summed E-state index contributed by atoms with van der Waals surface area (Å²) in [5.74, 6) is 0.716. The molecule has 3 aromatic heterocycles. The van der Waals surface area contributed by atoms with E-state index in [-0.39, 0.29) is 5.43 Å². The van der Waals surface area contributed by atoms with Crippen LogP contribution in [0.5, 0.6) is 0 Å². The molecule has 5 nitrogen and oxygen atoms in total. The summed E-state index contributed by atoms with van der Waals surface area (Å²) < 4.78 is 2.09. The monoisotopic (exact) mass is 392 g/mol. The van der Waals surface area contributed by atoms with Gasteiger partial charge in [-0.2, -0.15) is 0 Å². The molecule has 0 amide bonds. The smallest absolute Gasteiger partial charge is 0.193 e. The second kappa shape index (κ2) is 7.79. The molecule has 4 aromatic rings. The molecule has 1 aliphatic rings. The van der Waals surface area contributed by atoms with Gasteiger partial charge >= 0.3 is 0 Å². The Morgan fingerprint density at radius 3 is 2.60 bits per heavy atom. The first-order valence-electron chi connectivity index (χ1n) is 9.94. The quantitative estimate of drug-likeness (QED) is 0.525. The van der Waals surface area contributed by atoms with Gasteiger partial charge in [-0.15, -0.1) is 0 Å². The van der Waals surface area contributed by atoms with E-state index >= 15 is 0 Å². The first-order valence-corrected chi connectivity index (χ1v) is 9.94. The number of allylic oxidation sites excluding steroid dienone is 3. The minimum absolute atomic E-state index is 0.0710. The van der Waals surface area contributed by atoms with E-state index in [4.69, 9.17) is 0 Å². The molecule has 1 aliphatic carbocycles. The Morgan fingerprint density at radius 1 is 0.933 bits per heavy atom. The molecule has 0 unspecified atom stereocenters. The van der Waals surface area contributed by atoms with E-state index in [1.165, 1.54) is 0 Å². The second-order valence-electron chi connectivity index (χ2n) is 7.15. The van der Waals surface area contributed by atoms with E-state index in [9.17, 15) is 4.79 Å². The fraction of sp³-hybridized carbons (Fsp3) is 0.0800. The van der Waals surface area contributed by atoms with Crippen LogP contribution in [0, 0.1) is 0 Å². The van der Waals surface area contributed by atoms with Gasteiger partial charge in [-0.3, -0.25) is 19.3 Å². The van der Waals surface area contributed by atoms with Gasteiger partial charge in [0.05, 0.1) is 10.9 Å². The largest absolute Gasteiger partial charge is 0.342 e. The highest BCUT2D eigenvalue weighted by atomic mass is 16.1. The van der Waals surface area contributed by atoms with Gasteiger partial charge in [0.25, 0.3) is 0 Å². The van der Waals surface area contributed by atoms with Crippen molar-refractivity contribution in [1.29, 1.82) is 0 Å². The lowest BCUT2D eigenvalue weighted by atomic mass is 10.1. The molecule has 30 heavy (non-hydrogen) atoms. The molecule has 5 heteroatoms. The molecule has 0 bridgehead atoms. The molecule has 5 rings (SSSR count). The Balaban J connectivity index is 1.85. The number of hydrogen-bond donors (Lipinski definition) is 1. The molecule has 0 spiro atoms. The van der Waals surface area contributed by atoms with Crippen LogP contribution in [-0.2, 0) is 0 Å². The fourth-order valence-electron chi connectivity index (χ4n) is 3.79. The second-order valence-corrected chi connectivity index (χ2v) is 7.15. The van der Waals surface area contributed by atoms with E-state index in [2.05, 4.69) is 38.1 Å². The van der Waals surface area contributed by atoms with Crippen LogP contribution >= 0.6 is 0 Å². The standard InChI is InChI=1S/C25H20N4O/c30-23-14-24(28-19-9-3-1-4-10-19)29(20-11-5-2-6-12-20)25-21(16-27-17-22(23)25)18-8-7-13-26-15-18/h2-3,5-17,28H,1,4H2. The molecule has 146 valence electrons. The third-order valence-electron chi connectivity index (χ3n) is 5.17. The van der Waals surface area contributed by atoms with Crippen molar-refractivity contribution in [3.63, 3.8) is 0 Å². The highest BCUT2D eigenvalue weighted by Gasteiger charge is 2.16. The Labute approximate surface area is 174 Å². The molecular weight excluding hydrogens is 372 g/mol. The molecule has 3 heterocycles. The minimum Gasteiger partial charge on any atom is -0.342 e. The number of pyridine rings is 3. The average molecular weight is 392 g/mol. The van der Waals surface area contributed by atoms with Crippen LogP contribution in [0.4, 0.5) is 5.82 Å². The Bertz CT molecular complexity index is 1320. The van der Waals surface area contributed by atoms with Gasteiger partial charge in [-0.1, -0.05) is 36.4 Å². The lowest BCUT2D eigenvalue weighted by Crippen LogP contribution is -2.15. The molecule has 0 saturated carbocycles. The van der Waals surface area contributed by atoms with Gasteiger partial charge in [0.1, 0.15) is 5.82 Å². The fourth-order valence-corrected chi connectivity index (χ4v) is 3.79. The third-order valence-corrected chi connectivity index (χ3v) is 5.17. The van der Waals surface area contributed by atoms with E-state index in [1.807, 2.05) is 42.5 Å². The van der Waals surface area contributed by atoms with Gasteiger partial charge in [0, 0.05) is 53.4 Å². The SMILES string of the molecule is O=c1cc(NC2=CCCC=C2)n(-c2ccccc2)c2c(-c3cccnc3)cncc12. The first kappa shape index (κ1) is 18.1. The summed E-state index contributed by atoms with van der Waals surface area (Å²) in [6.07, 6.45) is 15.3. The molecule has 1 aromatic carbocycles. The van der Waals surface area contributed by atoms with Crippen molar-refractivity contribution >= 4 is 16.7 Å². The van der Waals surface area contributed by atoms with Gasteiger partial charge in [-0.25, -0.2) is 0 Å². The predicted octanol–water partition coefficient (Wildman–Crippen LogP) is 5.09. The number of nitrogens with one attached hydrogen (secondary N) is 1. The van der Waals surface area contributed by atoms with Crippen molar-refractivity contribution in [2.24, 2.45) is 0 Å². The van der Waals surface area contributed by atoms with Crippen LogP contribution < -0.4 is 10.7 Å². The van der Waals surface area contributed by atoms with E-state index in [1.54, 1.807) is 30.9 Å². The number of aromatic nitrogens is 3. The molecule has 0 atom stereocenters. The summed E-state index contributed by atoms with van der Waals surface area (Å²) in [4.78, 5) is 21.7. The number of hydrogen-bond acceptors (Lipinski definition) is 4. The van der Waals surface area contributed by atoms with Crippen molar-refractivity contribution < 1.29 is 0 Å². The Hall–Kier alpha value is -3.99. The van der Waals surface area contributed by atoms with Crippen LogP contribution in [0.25, 0.3) is 27.7 Å². The van der Waals surface area contributed by atoms with Crippen molar-refractivity contribution in [1.82, 2.24) is 14.5 Å². The van der Waals surface area contributed by atoms with Gasteiger partial charge in [0.15, 0.2) is 5.43 Å². The number of nitrogens with zero attached hydrogens (tertiary/aromatic N) is 3. The summed E-state index contributed by atoms with van der Waals surface area (Å²) in [5, 5.41) is 4.03. The molecule has 1 N–H and O–H groups in total. The van der Waals surface area contributed by atoms with E-state index in [0.29, 0.717) is 11.2 Å². The topological polar surface area (TPSA) is 59.8 Å². The number of fused-ring (bicyclic) bond motifs is 1. The zero-order valence-corrected chi connectivity index (χ0v) is 16.3.